The van der Waals surface area contributed by atoms with Crippen molar-refractivity contribution in [1.82, 2.24) is 0 Å². The highest BCUT2D eigenvalue weighted by Gasteiger charge is 2.72. The lowest BCUT2D eigenvalue weighted by Gasteiger charge is -2.27. The Morgan fingerprint density at radius 1 is 1.26 bits per heavy atom. The van der Waals surface area contributed by atoms with Crippen molar-refractivity contribution in [2.45, 2.75) is 83.7 Å². The second kappa shape index (κ2) is 12.2. The van der Waals surface area contributed by atoms with Crippen LogP contribution in [0.15, 0.2) is 43.0 Å². The third kappa shape index (κ3) is 5.96. The summed E-state index contributed by atoms with van der Waals surface area (Å²) in [5, 5.41) is 9.22. The van der Waals surface area contributed by atoms with E-state index >= 15 is 0 Å². The maximum absolute atomic E-state index is 11.8. The van der Waals surface area contributed by atoms with Gasteiger partial charge in [-0.05, 0) is 56.7 Å². The lowest BCUT2D eigenvalue weighted by molar-refractivity contribution is -0.158. The fourth-order valence-electron chi connectivity index (χ4n) is 6.30. The van der Waals surface area contributed by atoms with Crippen LogP contribution in [0.5, 0.6) is 5.75 Å². The number of hydrogen-bond donors (Lipinski definition) is 0. The molecule has 4 fully saturated rings. The minimum absolute atomic E-state index is 0.0504. The number of benzene rings is 1. The van der Waals surface area contributed by atoms with Gasteiger partial charge in [-0.1, -0.05) is 63.5 Å². The van der Waals surface area contributed by atoms with E-state index in [1.165, 1.54) is 38.5 Å². The molecular weight excluding hydrogens is 482 g/mol. The molecule has 0 N–H and O–H groups in total. The van der Waals surface area contributed by atoms with E-state index in [1.807, 2.05) is 37.3 Å². The molecule has 2 bridgehead atoms. The van der Waals surface area contributed by atoms with Crippen LogP contribution in [0.1, 0.15) is 70.8 Å². The Hall–Kier alpha value is -3.11. The summed E-state index contributed by atoms with van der Waals surface area (Å²) in [4.78, 5) is 23.4. The summed E-state index contributed by atoms with van der Waals surface area (Å²) in [5.41, 5.74) is 0.443. The molecule has 1 aromatic rings. The van der Waals surface area contributed by atoms with Crippen LogP contribution in [0.3, 0.4) is 0 Å². The third-order valence-corrected chi connectivity index (χ3v) is 8.38. The highest BCUT2D eigenvalue weighted by Crippen LogP contribution is 2.62. The van der Waals surface area contributed by atoms with Gasteiger partial charge in [-0.2, -0.15) is 5.26 Å². The van der Waals surface area contributed by atoms with Crippen molar-refractivity contribution < 1.29 is 28.5 Å². The van der Waals surface area contributed by atoms with Crippen molar-refractivity contribution in [3.05, 3.63) is 48.6 Å². The molecule has 7 nitrogen and oxygen atoms in total. The van der Waals surface area contributed by atoms with E-state index in [-0.39, 0.29) is 18.1 Å². The fraction of sp³-hybridized carbons (Fsp3) is 0.581. The molecular formula is C31H39NO6. The van der Waals surface area contributed by atoms with Gasteiger partial charge in [0.25, 0.3) is 0 Å². The number of carbonyl (C=O) groups excluding carboxylic acids is 2. The first kappa shape index (κ1) is 27.9. The molecule has 1 aromatic carbocycles. The van der Waals surface area contributed by atoms with Crippen LogP contribution < -0.4 is 4.74 Å². The van der Waals surface area contributed by atoms with Crippen LogP contribution >= 0.6 is 0 Å². The van der Waals surface area contributed by atoms with Crippen LogP contribution in [-0.2, 0) is 23.8 Å². The number of nitrogens with zero attached hydrogens (tertiary/aromatic N) is 1. The Labute approximate surface area is 225 Å². The van der Waals surface area contributed by atoms with Gasteiger partial charge in [0, 0.05) is 17.4 Å². The van der Waals surface area contributed by atoms with Crippen molar-refractivity contribution in [3.8, 4) is 11.8 Å². The fourth-order valence-corrected chi connectivity index (χ4v) is 6.30. The second-order valence-corrected chi connectivity index (χ2v) is 11.0. The van der Waals surface area contributed by atoms with Crippen molar-refractivity contribution in [1.29, 1.82) is 5.26 Å². The summed E-state index contributed by atoms with van der Waals surface area (Å²) >= 11 is 0. The highest BCUT2D eigenvalue weighted by molar-refractivity contribution is 5.88. The zero-order chi connectivity index (χ0) is 27.3. The van der Waals surface area contributed by atoms with Gasteiger partial charge >= 0.3 is 11.9 Å². The molecule has 1 saturated heterocycles. The van der Waals surface area contributed by atoms with Gasteiger partial charge in [-0.15, -0.1) is 0 Å². The number of hydrogen-bond acceptors (Lipinski definition) is 7. The molecule has 0 aromatic heterocycles. The average molecular weight is 522 g/mol. The van der Waals surface area contributed by atoms with Crippen molar-refractivity contribution in [2.24, 2.45) is 23.2 Å². The zero-order valence-corrected chi connectivity index (χ0v) is 22.5. The quantitative estimate of drug-likeness (QED) is 0.224. The molecule has 0 amide bonds. The minimum Gasteiger partial charge on any atom is -0.465 e. The predicted molar refractivity (Wildman–Crippen MR) is 143 cm³/mol. The van der Waals surface area contributed by atoms with E-state index in [4.69, 9.17) is 18.9 Å². The van der Waals surface area contributed by atoms with E-state index in [9.17, 15) is 14.9 Å². The summed E-state index contributed by atoms with van der Waals surface area (Å²) in [6.07, 6.45) is 10.1. The number of rotatable bonds is 9. The standard InChI is InChI=1S/C18H26O2.C13H13NO4/c1-3-16-9-11-18(12-10-16)20-15(2)19-14-13-17-7-5-4-6-8-17;1-6(2)11(15)17-9-7-3-8-10(9)18-12(16)13(8,4-7)5-14/h3,9-12,15,17H,1,4-8,13-14H2,2H3;7-10H,1,3-4H2,2H3. The average Bonchev–Trinajstić information content (AvgIpc) is 3.52. The molecule has 3 aliphatic carbocycles. The molecule has 1 aliphatic heterocycles. The minimum atomic E-state index is -0.985. The van der Waals surface area contributed by atoms with E-state index in [2.05, 4.69) is 19.2 Å². The molecule has 4 aliphatic rings. The van der Waals surface area contributed by atoms with Crippen molar-refractivity contribution in [2.75, 3.05) is 6.61 Å². The van der Waals surface area contributed by atoms with Gasteiger partial charge in [0.2, 0.25) is 0 Å². The molecule has 5 rings (SSSR count). The molecule has 38 heavy (non-hydrogen) atoms. The molecule has 0 spiro atoms. The summed E-state index contributed by atoms with van der Waals surface area (Å²) in [6, 6.07) is 10.0. The monoisotopic (exact) mass is 521 g/mol. The first-order chi connectivity index (χ1) is 18.3. The molecule has 1 heterocycles. The molecule has 204 valence electrons. The lowest BCUT2D eigenvalue weighted by Crippen LogP contribution is -2.39. The summed E-state index contributed by atoms with van der Waals surface area (Å²) in [6.45, 7) is 11.6. The Morgan fingerprint density at radius 2 is 1.97 bits per heavy atom. The molecule has 0 radical (unpaired) electrons. The van der Waals surface area contributed by atoms with Gasteiger partial charge < -0.3 is 18.9 Å². The maximum Gasteiger partial charge on any atom is 0.333 e. The SMILES string of the molecule is C=C(C)C(=O)OC1C2CC3C1OC(=O)C3(C#N)C2.C=Cc1ccc(OC(C)OCCC2CCCCC2)cc1. The van der Waals surface area contributed by atoms with Gasteiger partial charge in [0.15, 0.2) is 11.7 Å². The van der Waals surface area contributed by atoms with Crippen LogP contribution in [-0.4, -0.2) is 37.0 Å². The van der Waals surface area contributed by atoms with E-state index in [0.717, 1.165) is 30.3 Å². The highest BCUT2D eigenvalue weighted by atomic mass is 16.7. The van der Waals surface area contributed by atoms with Crippen LogP contribution in [0, 0.1) is 34.5 Å². The Kier molecular flexibility index (Phi) is 8.94. The topological polar surface area (TPSA) is 94.9 Å². The van der Waals surface area contributed by atoms with E-state index < -0.39 is 29.6 Å². The molecule has 6 unspecified atom stereocenters. The van der Waals surface area contributed by atoms with E-state index in [0.29, 0.717) is 12.0 Å². The van der Waals surface area contributed by atoms with Crippen LogP contribution in [0.25, 0.3) is 6.08 Å². The number of esters is 2. The Bertz CT molecular complexity index is 1070. The number of ether oxygens (including phenoxy) is 4. The molecule has 6 atom stereocenters. The van der Waals surface area contributed by atoms with Gasteiger partial charge in [-0.25, -0.2) is 4.79 Å². The van der Waals surface area contributed by atoms with Crippen molar-refractivity contribution >= 4 is 18.0 Å². The summed E-state index contributed by atoms with van der Waals surface area (Å²) in [5.74, 6) is 0.732. The number of nitriles is 1. The zero-order valence-electron chi connectivity index (χ0n) is 22.5. The lowest BCUT2D eigenvalue weighted by atomic mass is 9.74. The van der Waals surface area contributed by atoms with E-state index in [1.54, 1.807) is 6.92 Å². The second-order valence-electron chi connectivity index (χ2n) is 11.0. The van der Waals surface area contributed by atoms with Gasteiger partial charge in [0.05, 0.1) is 12.7 Å². The van der Waals surface area contributed by atoms with Crippen LogP contribution in [0.2, 0.25) is 0 Å². The predicted octanol–water partition coefficient (Wildman–Crippen LogP) is 5.99. The number of fused-ring (bicyclic) bond motifs is 1. The Balaban J connectivity index is 0.000000178. The largest absolute Gasteiger partial charge is 0.465 e. The van der Waals surface area contributed by atoms with Crippen LogP contribution in [0.4, 0.5) is 0 Å². The summed E-state index contributed by atoms with van der Waals surface area (Å²) < 4.78 is 22.1. The number of carbonyl (C=O) groups is 2. The first-order valence-electron chi connectivity index (χ1n) is 13.8. The summed E-state index contributed by atoms with van der Waals surface area (Å²) in [7, 11) is 0. The molecule has 7 heteroatoms. The Morgan fingerprint density at radius 3 is 2.61 bits per heavy atom. The maximum atomic E-state index is 11.8. The third-order valence-electron chi connectivity index (χ3n) is 8.38. The van der Waals surface area contributed by atoms with Crippen molar-refractivity contribution in [3.63, 3.8) is 0 Å². The normalized spacial score (nSPS) is 29.9. The molecule has 3 saturated carbocycles. The van der Waals surface area contributed by atoms with Gasteiger partial charge in [0.1, 0.15) is 18.0 Å². The van der Waals surface area contributed by atoms with Gasteiger partial charge in [-0.3, -0.25) is 4.79 Å². The first-order valence-corrected chi connectivity index (χ1v) is 13.8. The smallest absolute Gasteiger partial charge is 0.333 e.